The maximum absolute atomic E-state index is 12.3. The van der Waals surface area contributed by atoms with E-state index in [2.05, 4.69) is 46.6 Å². The largest absolute Gasteiger partial charge is 0.349 e. The fourth-order valence-corrected chi connectivity index (χ4v) is 3.84. The van der Waals surface area contributed by atoms with Gasteiger partial charge >= 0.3 is 0 Å². The maximum Gasteiger partial charge on any atom is 0.291 e. The van der Waals surface area contributed by atoms with Crippen LogP contribution in [0.15, 0.2) is 23.1 Å². The third kappa shape index (κ3) is 5.12. The number of amides is 1. The number of hydrogen-bond donors (Lipinski definition) is 2. The minimum atomic E-state index is -0.248. The summed E-state index contributed by atoms with van der Waals surface area (Å²) in [6.07, 6.45) is 2.18. The molecule has 1 aliphatic rings. The fraction of sp³-hybridized carbons (Fsp3) is 0.556. The summed E-state index contributed by atoms with van der Waals surface area (Å²) in [4.78, 5) is 17.9. The summed E-state index contributed by atoms with van der Waals surface area (Å²) in [5, 5.41) is 14.4. The van der Waals surface area contributed by atoms with E-state index in [0.717, 1.165) is 30.8 Å². The molecule has 1 aromatic heterocycles. The number of carbonyl (C=O) groups excluding carboxylic acids is 1. The number of carbonyl (C=O) groups is 1. The van der Waals surface area contributed by atoms with Crippen LogP contribution in [0.25, 0.3) is 11.0 Å². The molecular weight excluding hydrogens is 334 g/mol. The molecule has 134 valence electrons. The average Bonchev–Trinajstić information content (AvgIpc) is 2.58. The lowest BCUT2D eigenvalue weighted by molar-refractivity contribution is 0.0933. The van der Waals surface area contributed by atoms with Gasteiger partial charge < -0.3 is 10.6 Å². The fourth-order valence-electron chi connectivity index (χ4n) is 2.83. The molecule has 0 spiro atoms. The van der Waals surface area contributed by atoms with Crippen molar-refractivity contribution < 1.29 is 4.79 Å². The topological polar surface area (TPSA) is 79.8 Å². The van der Waals surface area contributed by atoms with Crippen LogP contribution in [0.3, 0.4) is 0 Å². The molecule has 0 radical (unpaired) electrons. The quantitative estimate of drug-likeness (QED) is 0.817. The first kappa shape index (κ1) is 18.1. The Balaban J connectivity index is 1.71. The van der Waals surface area contributed by atoms with Crippen LogP contribution in [-0.2, 0) is 0 Å². The van der Waals surface area contributed by atoms with E-state index in [1.165, 1.54) is 0 Å². The van der Waals surface area contributed by atoms with Gasteiger partial charge in [-0.05, 0) is 50.0 Å². The molecule has 7 heteroatoms. The highest BCUT2D eigenvalue weighted by Gasteiger charge is 2.17. The molecule has 2 heterocycles. The van der Waals surface area contributed by atoms with Crippen molar-refractivity contribution in [1.29, 1.82) is 0 Å². The molecule has 25 heavy (non-hydrogen) atoms. The SMILES string of the molecule is CC(C)(C)Sc1ccc2nnc(C(=O)NCC3CCNCC3)nc2c1. The summed E-state index contributed by atoms with van der Waals surface area (Å²) < 4.78 is 0.114. The molecule has 1 fully saturated rings. The van der Waals surface area contributed by atoms with Gasteiger partial charge in [-0.3, -0.25) is 4.79 Å². The van der Waals surface area contributed by atoms with Crippen LogP contribution < -0.4 is 10.6 Å². The molecule has 0 atom stereocenters. The zero-order chi connectivity index (χ0) is 17.9. The molecule has 1 aliphatic heterocycles. The molecule has 0 saturated carbocycles. The second kappa shape index (κ2) is 7.66. The third-order valence-electron chi connectivity index (χ3n) is 4.06. The van der Waals surface area contributed by atoms with Crippen molar-refractivity contribution in [3.8, 4) is 0 Å². The lowest BCUT2D eigenvalue weighted by Crippen LogP contribution is -2.36. The Labute approximate surface area is 152 Å². The number of nitrogens with zero attached hydrogens (tertiary/aromatic N) is 3. The highest BCUT2D eigenvalue weighted by Crippen LogP contribution is 2.32. The molecule has 2 N–H and O–H groups in total. The zero-order valence-electron chi connectivity index (χ0n) is 15.0. The summed E-state index contributed by atoms with van der Waals surface area (Å²) in [6, 6.07) is 5.90. The predicted molar refractivity (Wildman–Crippen MR) is 101 cm³/mol. The number of hydrogen-bond acceptors (Lipinski definition) is 6. The van der Waals surface area contributed by atoms with Gasteiger partial charge in [0.2, 0.25) is 5.82 Å². The number of benzene rings is 1. The molecule has 1 saturated heterocycles. The number of thioether (sulfide) groups is 1. The van der Waals surface area contributed by atoms with Crippen LogP contribution in [0.4, 0.5) is 0 Å². The Bertz CT molecular complexity index is 753. The average molecular weight is 359 g/mol. The summed E-state index contributed by atoms with van der Waals surface area (Å²) in [6.45, 7) is 9.20. The smallest absolute Gasteiger partial charge is 0.291 e. The first-order valence-electron chi connectivity index (χ1n) is 8.73. The Morgan fingerprint density at radius 3 is 2.72 bits per heavy atom. The van der Waals surface area contributed by atoms with E-state index in [1.54, 1.807) is 11.8 Å². The van der Waals surface area contributed by atoms with Crippen LogP contribution in [-0.4, -0.2) is 45.5 Å². The van der Waals surface area contributed by atoms with Gasteiger partial charge in [-0.2, -0.15) is 0 Å². The van der Waals surface area contributed by atoms with Gasteiger partial charge in [-0.25, -0.2) is 4.98 Å². The van der Waals surface area contributed by atoms with Crippen molar-refractivity contribution in [3.63, 3.8) is 0 Å². The van der Waals surface area contributed by atoms with E-state index in [9.17, 15) is 4.79 Å². The van der Waals surface area contributed by atoms with Crippen LogP contribution in [0.5, 0.6) is 0 Å². The van der Waals surface area contributed by atoms with Gasteiger partial charge in [0, 0.05) is 16.2 Å². The first-order chi connectivity index (χ1) is 11.9. The third-order valence-corrected chi connectivity index (χ3v) is 5.16. The van der Waals surface area contributed by atoms with E-state index in [0.29, 0.717) is 23.5 Å². The minimum absolute atomic E-state index is 0.114. The summed E-state index contributed by atoms with van der Waals surface area (Å²) in [5.41, 5.74) is 1.41. The van der Waals surface area contributed by atoms with Gasteiger partial charge in [0.1, 0.15) is 5.52 Å². The van der Waals surface area contributed by atoms with E-state index in [-0.39, 0.29) is 16.5 Å². The first-order valence-corrected chi connectivity index (χ1v) is 9.55. The summed E-state index contributed by atoms with van der Waals surface area (Å²) in [5.74, 6) is 0.412. The zero-order valence-corrected chi connectivity index (χ0v) is 15.8. The molecule has 1 aromatic carbocycles. The van der Waals surface area contributed by atoms with Gasteiger partial charge in [0.05, 0.1) is 5.52 Å². The molecule has 3 rings (SSSR count). The molecule has 6 nitrogen and oxygen atoms in total. The minimum Gasteiger partial charge on any atom is -0.349 e. The van der Waals surface area contributed by atoms with Crippen molar-refractivity contribution in [1.82, 2.24) is 25.8 Å². The van der Waals surface area contributed by atoms with E-state index in [1.807, 2.05) is 18.2 Å². The number of aromatic nitrogens is 3. The Morgan fingerprint density at radius 2 is 2.00 bits per heavy atom. The molecule has 0 bridgehead atoms. The number of piperidine rings is 1. The second-order valence-electron chi connectivity index (χ2n) is 7.40. The molecule has 1 amide bonds. The molecule has 0 unspecified atom stereocenters. The van der Waals surface area contributed by atoms with Crippen molar-refractivity contribution in [2.75, 3.05) is 19.6 Å². The summed E-state index contributed by atoms with van der Waals surface area (Å²) in [7, 11) is 0. The maximum atomic E-state index is 12.3. The lowest BCUT2D eigenvalue weighted by Gasteiger charge is -2.22. The number of fused-ring (bicyclic) bond motifs is 1. The van der Waals surface area contributed by atoms with Crippen molar-refractivity contribution >= 4 is 28.7 Å². The summed E-state index contributed by atoms with van der Waals surface area (Å²) >= 11 is 1.76. The number of nitrogens with one attached hydrogen (secondary N) is 2. The second-order valence-corrected chi connectivity index (χ2v) is 9.30. The Hall–Kier alpha value is -1.73. The number of rotatable bonds is 4. The van der Waals surface area contributed by atoms with E-state index < -0.39 is 0 Å². The highest BCUT2D eigenvalue weighted by molar-refractivity contribution is 8.00. The lowest BCUT2D eigenvalue weighted by atomic mass is 9.98. The van der Waals surface area contributed by atoms with Gasteiger partial charge in [0.25, 0.3) is 5.91 Å². The normalized spacial score (nSPS) is 16.1. The standard InChI is InChI=1S/C18H25N5OS/c1-18(2,3)25-13-4-5-14-15(10-13)21-16(23-22-14)17(24)20-11-12-6-8-19-9-7-12/h4-5,10,12,19H,6-9,11H2,1-3H3,(H,20,24). The highest BCUT2D eigenvalue weighted by atomic mass is 32.2. The Morgan fingerprint density at radius 1 is 1.24 bits per heavy atom. The van der Waals surface area contributed by atoms with Crippen molar-refractivity contribution in [2.24, 2.45) is 5.92 Å². The van der Waals surface area contributed by atoms with Crippen molar-refractivity contribution in [3.05, 3.63) is 24.0 Å². The van der Waals surface area contributed by atoms with E-state index in [4.69, 9.17) is 0 Å². The molecular formula is C18H25N5OS. The van der Waals surface area contributed by atoms with E-state index >= 15 is 0 Å². The van der Waals surface area contributed by atoms with Gasteiger partial charge in [-0.1, -0.05) is 20.8 Å². The monoisotopic (exact) mass is 359 g/mol. The van der Waals surface area contributed by atoms with Crippen LogP contribution in [0.2, 0.25) is 0 Å². The van der Waals surface area contributed by atoms with Crippen LogP contribution in [0, 0.1) is 5.92 Å². The molecule has 2 aromatic rings. The molecule has 0 aliphatic carbocycles. The van der Waals surface area contributed by atoms with Gasteiger partial charge in [0.15, 0.2) is 0 Å². The van der Waals surface area contributed by atoms with Gasteiger partial charge in [-0.15, -0.1) is 22.0 Å². The predicted octanol–water partition coefficient (Wildman–Crippen LogP) is 2.64. The Kier molecular flexibility index (Phi) is 5.54. The van der Waals surface area contributed by atoms with Crippen LogP contribution >= 0.6 is 11.8 Å². The van der Waals surface area contributed by atoms with Crippen molar-refractivity contribution in [2.45, 2.75) is 43.3 Å². The van der Waals surface area contributed by atoms with Crippen LogP contribution in [0.1, 0.15) is 44.2 Å².